The van der Waals surface area contributed by atoms with E-state index in [2.05, 4.69) is 16.0 Å². The zero-order valence-corrected chi connectivity index (χ0v) is 15.3. The van der Waals surface area contributed by atoms with Crippen molar-refractivity contribution in [2.75, 3.05) is 11.1 Å². The van der Waals surface area contributed by atoms with Gasteiger partial charge in [0.2, 0.25) is 12.1 Å². The van der Waals surface area contributed by atoms with E-state index in [1.54, 1.807) is 19.9 Å². The number of carbonyl (C=O) groups is 3. The zero-order valence-electron chi connectivity index (χ0n) is 14.5. The molecule has 140 valence electrons. The topological polar surface area (TPSA) is 106 Å². The van der Waals surface area contributed by atoms with E-state index in [0.29, 0.717) is 17.9 Å². The number of fused-ring (bicyclic) bond motifs is 1. The minimum atomic E-state index is -0.844. The van der Waals surface area contributed by atoms with Crippen LogP contribution in [0.15, 0.2) is 24.3 Å². The van der Waals surface area contributed by atoms with Crippen LogP contribution in [0.4, 0.5) is 10.5 Å². The maximum atomic E-state index is 12.5. The number of hydrogen-bond acceptors (Lipinski definition) is 7. The molecule has 3 rings (SSSR count). The van der Waals surface area contributed by atoms with Crippen LogP contribution in [0, 0.1) is 5.92 Å². The molecule has 0 spiro atoms. The lowest BCUT2D eigenvalue weighted by Gasteiger charge is -2.21. The van der Waals surface area contributed by atoms with Gasteiger partial charge < -0.3 is 20.1 Å². The molecular weight excluding hydrogens is 358 g/mol. The van der Waals surface area contributed by atoms with Gasteiger partial charge in [0.15, 0.2) is 0 Å². The molecule has 1 aromatic carbocycles. The molecule has 1 saturated heterocycles. The largest absolute Gasteiger partial charge is 0.459 e. The highest BCUT2D eigenvalue weighted by Crippen LogP contribution is 2.33. The maximum absolute atomic E-state index is 12.5. The van der Waals surface area contributed by atoms with E-state index in [0.717, 1.165) is 5.69 Å². The molecule has 3 N–H and O–H groups in total. The quantitative estimate of drug-likeness (QED) is 0.731. The van der Waals surface area contributed by atoms with E-state index in [1.807, 2.05) is 18.2 Å². The third-order valence-electron chi connectivity index (χ3n) is 3.94. The van der Waals surface area contributed by atoms with Crippen molar-refractivity contribution in [1.82, 2.24) is 10.6 Å². The first-order chi connectivity index (χ1) is 12.4. The van der Waals surface area contributed by atoms with Crippen LogP contribution in [0.3, 0.4) is 0 Å². The molecule has 1 fully saturated rings. The van der Waals surface area contributed by atoms with Gasteiger partial charge in [0, 0.05) is 0 Å². The lowest BCUT2D eigenvalue weighted by Crippen LogP contribution is -2.49. The lowest BCUT2D eigenvalue weighted by atomic mass is 10.1. The molecule has 3 atom stereocenters. The van der Waals surface area contributed by atoms with Gasteiger partial charge in [-0.15, -0.1) is 11.8 Å². The summed E-state index contributed by atoms with van der Waals surface area (Å²) >= 11 is 1.46. The Morgan fingerprint density at radius 2 is 2.04 bits per heavy atom. The summed E-state index contributed by atoms with van der Waals surface area (Å²) < 4.78 is 10.5. The second-order valence-electron chi connectivity index (χ2n) is 6.28. The van der Waals surface area contributed by atoms with Crippen LogP contribution in [0.5, 0.6) is 5.75 Å². The summed E-state index contributed by atoms with van der Waals surface area (Å²) in [7, 11) is 0. The van der Waals surface area contributed by atoms with Crippen molar-refractivity contribution in [2.24, 2.45) is 5.92 Å². The first-order valence-corrected chi connectivity index (χ1v) is 9.44. The van der Waals surface area contributed by atoms with Gasteiger partial charge in [-0.3, -0.25) is 14.9 Å². The molecular formula is C17H21N3O5S. The minimum Gasteiger partial charge on any atom is -0.459 e. The molecule has 0 aliphatic carbocycles. The van der Waals surface area contributed by atoms with Gasteiger partial charge in [-0.05, 0) is 38.2 Å². The Bertz CT molecular complexity index is 686. The number of thioether (sulfide) groups is 1. The molecule has 3 amide bonds. The Balaban J connectivity index is 1.55. The SMILES string of the molecule is CC(C)OC(=O)NC(=O)C1CCSC1NC(=O)C1Nc2ccccc2O1. The van der Waals surface area contributed by atoms with Crippen LogP contribution in [-0.4, -0.2) is 41.4 Å². The fraction of sp³-hybridized carbons (Fsp3) is 0.471. The van der Waals surface area contributed by atoms with Crippen LogP contribution in [0.1, 0.15) is 20.3 Å². The van der Waals surface area contributed by atoms with E-state index >= 15 is 0 Å². The van der Waals surface area contributed by atoms with Gasteiger partial charge in [0.25, 0.3) is 5.91 Å². The van der Waals surface area contributed by atoms with Gasteiger partial charge in [-0.1, -0.05) is 12.1 Å². The number of benzene rings is 1. The molecule has 0 bridgehead atoms. The third kappa shape index (κ3) is 4.21. The number of rotatable bonds is 4. The standard InChI is InChI=1S/C17H21N3O5S/c1-9(2)24-17(23)20-13(21)10-7-8-26-16(10)19-14(22)15-18-11-5-3-4-6-12(11)25-15/h3-6,9-10,15-16,18H,7-8H2,1-2H3,(H,19,22)(H,20,21,23). The normalized spacial score (nSPS) is 23.6. The fourth-order valence-corrected chi connectivity index (χ4v) is 4.09. The highest BCUT2D eigenvalue weighted by molar-refractivity contribution is 8.00. The molecule has 0 saturated carbocycles. The predicted octanol–water partition coefficient (Wildman–Crippen LogP) is 1.67. The molecule has 0 radical (unpaired) electrons. The van der Waals surface area contributed by atoms with Gasteiger partial charge in [-0.2, -0.15) is 0 Å². The van der Waals surface area contributed by atoms with E-state index in [1.165, 1.54) is 11.8 Å². The monoisotopic (exact) mass is 379 g/mol. The number of nitrogens with one attached hydrogen (secondary N) is 3. The van der Waals surface area contributed by atoms with Crippen molar-refractivity contribution in [2.45, 2.75) is 38.0 Å². The molecule has 3 unspecified atom stereocenters. The molecule has 1 aromatic rings. The maximum Gasteiger partial charge on any atom is 0.414 e. The van der Waals surface area contributed by atoms with E-state index in [4.69, 9.17) is 9.47 Å². The van der Waals surface area contributed by atoms with E-state index in [9.17, 15) is 14.4 Å². The van der Waals surface area contributed by atoms with Crippen molar-refractivity contribution in [1.29, 1.82) is 0 Å². The number of ether oxygens (including phenoxy) is 2. The summed E-state index contributed by atoms with van der Waals surface area (Å²) in [6, 6.07) is 7.27. The van der Waals surface area contributed by atoms with Crippen molar-refractivity contribution in [3.05, 3.63) is 24.3 Å². The van der Waals surface area contributed by atoms with Gasteiger partial charge >= 0.3 is 6.09 Å². The molecule has 2 heterocycles. The Hall–Kier alpha value is -2.42. The van der Waals surface area contributed by atoms with Crippen molar-refractivity contribution in [3.8, 4) is 5.75 Å². The van der Waals surface area contributed by atoms with Gasteiger partial charge in [-0.25, -0.2) is 4.79 Å². The Kier molecular flexibility index (Phi) is 5.55. The number of imide groups is 1. The second-order valence-corrected chi connectivity index (χ2v) is 7.53. The third-order valence-corrected chi connectivity index (χ3v) is 5.21. The first-order valence-electron chi connectivity index (χ1n) is 8.39. The summed E-state index contributed by atoms with van der Waals surface area (Å²) in [5.41, 5.74) is 0.748. The highest BCUT2D eigenvalue weighted by Gasteiger charge is 2.38. The predicted molar refractivity (Wildman–Crippen MR) is 96.7 cm³/mol. The molecule has 26 heavy (non-hydrogen) atoms. The number of carbonyl (C=O) groups excluding carboxylic acids is 3. The average Bonchev–Trinajstić information content (AvgIpc) is 3.20. The number of alkyl carbamates (subject to hydrolysis) is 1. The van der Waals surface area contributed by atoms with Crippen LogP contribution >= 0.6 is 11.8 Å². The number of amides is 3. The molecule has 8 nitrogen and oxygen atoms in total. The molecule has 0 aromatic heterocycles. The Morgan fingerprint density at radius 1 is 1.27 bits per heavy atom. The molecule has 9 heteroatoms. The zero-order chi connectivity index (χ0) is 18.7. The van der Waals surface area contributed by atoms with Gasteiger partial charge in [0.1, 0.15) is 5.75 Å². The average molecular weight is 379 g/mol. The van der Waals surface area contributed by atoms with Crippen LogP contribution < -0.4 is 20.7 Å². The van der Waals surface area contributed by atoms with Gasteiger partial charge in [0.05, 0.1) is 23.1 Å². The van der Waals surface area contributed by atoms with Crippen LogP contribution in [0.2, 0.25) is 0 Å². The number of para-hydroxylation sites is 2. The van der Waals surface area contributed by atoms with E-state index in [-0.39, 0.29) is 12.0 Å². The van der Waals surface area contributed by atoms with E-state index < -0.39 is 29.5 Å². The summed E-state index contributed by atoms with van der Waals surface area (Å²) in [4.78, 5) is 36.4. The van der Waals surface area contributed by atoms with Crippen LogP contribution in [-0.2, 0) is 14.3 Å². The minimum absolute atomic E-state index is 0.316. The summed E-state index contributed by atoms with van der Waals surface area (Å²) in [5.74, 6) is 0.00382. The summed E-state index contributed by atoms with van der Waals surface area (Å²) in [6.07, 6.45) is -1.37. The summed E-state index contributed by atoms with van der Waals surface area (Å²) in [6.45, 7) is 3.40. The van der Waals surface area contributed by atoms with Crippen molar-refractivity contribution >= 4 is 35.4 Å². The number of hydrogen-bond donors (Lipinski definition) is 3. The smallest absolute Gasteiger partial charge is 0.414 e. The molecule has 2 aliphatic heterocycles. The summed E-state index contributed by atoms with van der Waals surface area (Å²) in [5, 5.41) is 7.61. The Morgan fingerprint density at radius 3 is 2.77 bits per heavy atom. The Labute approximate surface area is 155 Å². The van der Waals surface area contributed by atoms with Crippen molar-refractivity contribution in [3.63, 3.8) is 0 Å². The molecule has 2 aliphatic rings. The first kappa shape index (κ1) is 18.4. The second kappa shape index (κ2) is 7.86. The van der Waals surface area contributed by atoms with Crippen LogP contribution in [0.25, 0.3) is 0 Å². The number of anilines is 1. The van der Waals surface area contributed by atoms with Crippen molar-refractivity contribution < 1.29 is 23.9 Å². The lowest BCUT2D eigenvalue weighted by molar-refractivity contribution is -0.128. The highest BCUT2D eigenvalue weighted by atomic mass is 32.2. The fourth-order valence-electron chi connectivity index (χ4n) is 2.76.